The van der Waals surface area contributed by atoms with Crippen LogP contribution >= 0.6 is 11.3 Å². The highest BCUT2D eigenvalue weighted by Gasteiger charge is 2.32. The number of rotatable bonds is 3. The van der Waals surface area contributed by atoms with E-state index in [0.717, 1.165) is 37.1 Å². The molecule has 0 saturated carbocycles. The molecule has 0 radical (unpaired) electrons. The normalized spacial score (nSPS) is 19.4. The number of hydrogen-bond donors (Lipinski definition) is 1. The number of anilines is 2. The Labute approximate surface area is 122 Å². The Kier molecular flexibility index (Phi) is 3.97. The van der Waals surface area contributed by atoms with Crippen LogP contribution in [0.2, 0.25) is 0 Å². The molecule has 112 valence electrons. The number of carbonyl (C=O) groups excluding carboxylic acids is 1. The van der Waals surface area contributed by atoms with Gasteiger partial charge in [-0.25, -0.2) is 13.2 Å². The summed E-state index contributed by atoms with van der Waals surface area (Å²) in [6, 6.07) is 0. The SMILES string of the molecule is COC(=O)c1sc(N2CCC(C)C2)c(S(C)(=O)=O)c1N. The first kappa shape index (κ1) is 15.1. The number of nitrogen functional groups attached to an aromatic ring is 1. The summed E-state index contributed by atoms with van der Waals surface area (Å²) in [7, 11) is -2.25. The fourth-order valence-electron chi connectivity index (χ4n) is 2.35. The molecule has 0 amide bonds. The van der Waals surface area contributed by atoms with E-state index in [4.69, 9.17) is 5.73 Å². The quantitative estimate of drug-likeness (QED) is 0.847. The summed E-state index contributed by atoms with van der Waals surface area (Å²) in [6.07, 6.45) is 2.10. The molecule has 1 aromatic rings. The minimum absolute atomic E-state index is 0.00102. The average Bonchev–Trinajstić information content (AvgIpc) is 2.91. The van der Waals surface area contributed by atoms with Gasteiger partial charge in [0.15, 0.2) is 9.84 Å². The summed E-state index contributed by atoms with van der Waals surface area (Å²) in [5.41, 5.74) is 5.87. The Hall–Kier alpha value is -1.28. The first-order chi connectivity index (χ1) is 9.25. The van der Waals surface area contributed by atoms with Crippen LogP contribution in [0, 0.1) is 5.92 Å². The van der Waals surface area contributed by atoms with Gasteiger partial charge in [0.2, 0.25) is 0 Å². The van der Waals surface area contributed by atoms with E-state index in [2.05, 4.69) is 11.7 Å². The number of nitrogens with zero attached hydrogens (tertiary/aromatic N) is 1. The smallest absolute Gasteiger partial charge is 0.350 e. The molecule has 1 aliphatic heterocycles. The molecule has 2 heterocycles. The van der Waals surface area contributed by atoms with Gasteiger partial charge in [0.1, 0.15) is 14.8 Å². The summed E-state index contributed by atoms with van der Waals surface area (Å²) in [4.78, 5) is 13.9. The second kappa shape index (κ2) is 5.25. The fourth-order valence-corrected chi connectivity index (χ4v) is 5.01. The molecule has 2 N–H and O–H groups in total. The number of carbonyl (C=O) groups is 1. The van der Waals surface area contributed by atoms with Crippen molar-refractivity contribution in [1.82, 2.24) is 0 Å². The van der Waals surface area contributed by atoms with E-state index in [0.29, 0.717) is 10.9 Å². The van der Waals surface area contributed by atoms with Crippen molar-refractivity contribution in [2.24, 2.45) is 5.92 Å². The summed E-state index contributed by atoms with van der Waals surface area (Å²) in [6.45, 7) is 3.64. The fraction of sp³-hybridized carbons (Fsp3) is 0.583. The lowest BCUT2D eigenvalue weighted by Gasteiger charge is -2.17. The van der Waals surface area contributed by atoms with Crippen LogP contribution in [0.1, 0.15) is 23.0 Å². The zero-order chi connectivity index (χ0) is 15.1. The van der Waals surface area contributed by atoms with Crippen LogP contribution < -0.4 is 10.6 Å². The third-order valence-corrected chi connectivity index (χ3v) is 5.87. The van der Waals surface area contributed by atoms with Crippen LogP contribution in [0.25, 0.3) is 0 Å². The molecule has 1 atom stereocenters. The lowest BCUT2D eigenvalue weighted by atomic mass is 10.2. The van der Waals surface area contributed by atoms with Gasteiger partial charge in [-0.05, 0) is 12.3 Å². The van der Waals surface area contributed by atoms with Crippen LogP contribution in [-0.4, -0.2) is 40.8 Å². The Bertz CT molecular complexity index is 636. The van der Waals surface area contributed by atoms with Crippen molar-refractivity contribution in [1.29, 1.82) is 0 Å². The predicted molar refractivity (Wildman–Crippen MR) is 79.2 cm³/mol. The van der Waals surface area contributed by atoms with Crippen LogP contribution in [0.15, 0.2) is 4.90 Å². The predicted octanol–water partition coefficient (Wildman–Crippen LogP) is 1.37. The second-order valence-electron chi connectivity index (χ2n) is 5.08. The van der Waals surface area contributed by atoms with E-state index >= 15 is 0 Å². The summed E-state index contributed by atoms with van der Waals surface area (Å²) in [5.74, 6) is -0.108. The van der Waals surface area contributed by atoms with Gasteiger partial charge >= 0.3 is 5.97 Å². The Morgan fingerprint density at radius 1 is 1.50 bits per heavy atom. The molecule has 1 saturated heterocycles. The zero-order valence-electron chi connectivity index (χ0n) is 11.7. The Morgan fingerprint density at radius 2 is 2.15 bits per heavy atom. The Morgan fingerprint density at radius 3 is 2.60 bits per heavy atom. The highest BCUT2D eigenvalue weighted by molar-refractivity contribution is 7.91. The largest absolute Gasteiger partial charge is 0.465 e. The molecule has 1 aliphatic rings. The molecule has 6 nitrogen and oxygen atoms in total. The molecule has 1 unspecified atom stereocenters. The molecule has 0 bridgehead atoms. The van der Waals surface area contributed by atoms with Gasteiger partial charge in [-0.1, -0.05) is 6.92 Å². The van der Waals surface area contributed by atoms with Crippen LogP contribution in [0.3, 0.4) is 0 Å². The van der Waals surface area contributed by atoms with Crippen LogP contribution in [0.4, 0.5) is 10.7 Å². The third-order valence-electron chi connectivity index (χ3n) is 3.33. The molecule has 20 heavy (non-hydrogen) atoms. The van der Waals surface area contributed by atoms with E-state index in [-0.39, 0.29) is 15.5 Å². The maximum Gasteiger partial charge on any atom is 0.350 e. The molecular weight excluding hydrogens is 300 g/mol. The van der Waals surface area contributed by atoms with Crippen molar-refractivity contribution in [2.75, 3.05) is 37.1 Å². The van der Waals surface area contributed by atoms with E-state index in [1.807, 2.05) is 4.90 Å². The van der Waals surface area contributed by atoms with E-state index in [1.165, 1.54) is 7.11 Å². The van der Waals surface area contributed by atoms with Crippen molar-refractivity contribution in [3.63, 3.8) is 0 Å². The number of sulfone groups is 1. The Balaban J connectivity index is 2.58. The van der Waals surface area contributed by atoms with Gasteiger partial charge < -0.3 is 15.4 Å². The van der Waals surface area contributed by atoms with Gasteiger partial charge in [-0.2, -0.15) is 0 Å². The first-order valence-corrected chi connectivity index (χ1v) is 8.92. The summed E-state index contributed by atoms with van der Waals surface area (Å²) in [5, 5.41) is 0.551. The molecule has 8 heteroatoms. The van der Waals surface area contributed by atoms with E-state index in [1.54, 1.807) is 0 Å². The van der Waals surface area contributed by atoms with Gasteiger partial charge in [0.25, 0.3) is 0 Å². The molecule has 0 aromatic carbocycles. The zero-order valence-corrected chi connectivity index (χ0v) is 13.3. The van der Waals surface area contributed by atoms with Gasteiger partial charge in [0.05, 0.1) is 12.8 Å². The average molecular weight is 318 g/mol. The third kappa shape index (κ3) is 2.62. The first-order valence-electron chi connectivity index (χ1n) is 6.21. The maximum atomic E-state index is 12.0. The summed E-state index contributed by atoms with van der Waals surface area (Å²) < 4.78 is 28.6. The van der Waals surface area contributed by atoms with Crippen molar-refractivity contribution >= 4 is 37.8 Å². The van der Waals surface area contributed by atoms with Gasteiger partial charge in [-0.3, -0.25) is 0 Å². The lowest BCUT2D eigenvalue weighted by Crippen LogP contribution is -2.20. The lowest BCUT2D eigenvalue weighted by molar-refractivity contribution is 0.0607. The number of hydrogen-bond acceptors (Lipinski definition) is 7. The number of nitrogens with two attached hydrogens (primary N) is 1. The highest BCUT2D eigenvalue weighted by atomic mass is 32.2. The molecule has 1 fully saturated rings. The standard InChI is InChI=1S/C12H18N2O4S2/c1-7-4-5-14(6-7)11-10(20(3,16)17)8(13)9(19-11)12(15)18-2/h7H,4-6,13H2,1-3H3. The molecule has 0 spiro atoms. The number of thiophene rings is 1. The molecule has 2 rings (SSSR count). The van der Waals surface area contributed by atoms with Crippen molar-refractivity contribution < 1.29 is 17.9 Å². The van der Waals surface area contributed by atoms with Crippen LogP contribution in [-0.2, 0) is 14.6 Å². The summed E-state index contributed by atoms with van der Waals surface area (Å²) >= 11 is 1.09. The van der Waals surface area contributed by atoms with Crippen molar-refractivity contribution in [2.45, 2.75) is 18.2 Å². The minimum Gasteiger partial charge on any atom is -0.465 e. The van der Waals surface area contributed by atoms with E-state index < -0.39 is 15.8 Å². The highest BCUT2D eigenvalue weighted by Crippen LogP contribution is 2.43. The maximum absolute atomic E-state index is 12.0. The van der Waals surface area contributed by atoms with Gasteiger partial charge in [-0.15, -0.1) is 11.3 Å². The van der Waals surface area contributed by atoms with E-state index in [9.17, 15) is 13.2 Å². The second-order valence-corrected chi connectivity index (χ2v) is 8.03. The monoisotopic (exact) mass is 318 g/mol. The molecular formula is C12H18N2O4S2. The van der Waals surface area contributed by atoms with Crippen molar-refractivity contribution in [3.05, 3.63) is 4.88 Å². The van der Waals surface area contributed by atoms with Crippen LogP contribution in [0.5, 0.6) is 0 Å². The number of esters is 1. The van der Waals surface area contributed by atoms with Crippen molar-refractivity contribution in [3.8, 4) is 0 Å². The van der Waals surface area contributed by atoms with Gasteiger partial charge in [0, 0.05) is 19.3 Å². The number of methoxy groups -OCH3 is 1. The number of ether oxygens (including phenoxy) is 1. The topological polar surface area (TPSA) is 89.7 Å². The molecule has 1 aromatic heterocycles. The molecule has 0 aliphatic carbocycles. The minimum atomic E-state index is -3.50.